The van der Waals surface area contributed by atoms with E-state index in [-0.39, 0.29) is 18.6 Å². The van der Waals surface area contributed by atoms with Crippen molar-refractivity contribution in [3.63, 3.8) is 0 Å². The van der Waals surface area contributed by atoms with Gasteiger partial charge in [0.15, 0.2) is 0 Å². The van der Waals surface area contributed by atoms with Crippen LogP contribution in [-0.2, 0) is 9.53 Å². The van der Waals surface area contributed by atoms with Crippen molar-refractivity contribution in [2.75, 3.05) is 26.7 Å². The lowest BCUT2D eigenvalue weighted by atomic mass is 10.3. The molecular formula is C8H16N2O3. The third kappa shape index (κ3) is 2.40. The number of β-amino-alcohol motifs (C(OH)–C–C–N with tert-alkyl or cyclic N) is 1. The highest BCUT2D eigenvalue weighted by atomic mass is 16.5. The SMILES string of the molecule is COC(CN)C(=O)N1CC[C@@H](O)C1. The van der Waals surface area contributed by atoms with Gasteiger partial charge in [0, 0.05) is 26.7 Å². The van der Waals surface area contributed by atoms with Crippen LogP contribution in [0.1, 0.15) is 6.42 Å². The van der Waals surface area contributed by atoms with Crippen molar-refractivity contribution in [3.8, 4) is 0 Å². The van der Waals surface area contributed by atoms with E-state index >= 15 is 0 Å². The van der Waals surface area contributed by atoms with Gasteiger partial charge in [-0.25, -0.2) is 0 Å². The highest BCUT2D eigenvalue weighted by molar-refractivity contribution is 5.81. The number of aliphatic hydroxyl groups excluding tert-OH is 1. The Bertz CT molecular complexity index is 182. The first-order chi connectivity index (χ1) is 6.19. The molecule has 0 spiro atoms. The predicted octanol–water partition coefficient (Wildman–Crippen LogP) is -1.45. The maximum atomic E-state index is 11.6. The van der Waals surface area contributed by atoms with Gasteiger partial charge >= 0.3 is 0 Å². The van der Waals surface area contributed by atoms with Crippen LogP contribution < -0.4 is 5.73 Å². The largest absolute Gasteiger partial charge is 0.391 e. The molecule has 1 rings (SSSR count). The zero-order valence-corrected chi connectivity index (χ0v) is 7.77. The zero-order valence-electron chi connectivity index (χ0n) is 7.77. The molecule has 0 aromatic carbocycles. The normalized spacial score (nSPS) is 24.8. The maximum absolute atomic E-state index is 11.6. The Morgan fingerprint density at radius 1 is 1.85 bits per heavy atom. The van der Waals surface area contributed by atoms with Gasteiger partial charge in [-0.05, 0) is 6.42 Å². The minimum atomic E-state index is -0.565. The molecule has 3 N–H and O–H groups in total. The molecular weight excluding hydrogens is 172 g/mol. The second kappa shape index (κ2) is 4.55. The summed E-state index contributed by atoms with van der Waals surface area (Å²) in [6.45, 7) is 1.18. The van der Waals surface area contributed by atoms with Crippen LogP contribution in [0.15, 0.2) is 0 Å². The molecule has 1 heterocycles. The van der Waals surface area contributed by atoms with Crippen LogP contribution in [0.2, 0.25) is 0 Å². The molecule has 0 aromatic heterocycles. The number of likely N-dealkylation sites (tertiary alicyclic amines) is 1. The van der Waals surface area contributed by atoms with E-state index in [1.807, 2.05) is 0 Å². The number of hydrogen-bond acceptors (Lipinski definition) is 4. The average Bonchev–Trinajstić information content (AvgIpc) is 2.54. The smallest absolute Gasteiger partial charge is 0.253 e. The lowest BCUT2D eigenvalue weighted by molar-refractivity contribution is -0.140. The van der Waals surface area contributed by atoms with Crippen molar-refractivity contribution < 1.29 is 14.6 Å². The van der Waals surface area contributed by atoms with Gasteiger partial charge in [0.25, 0.3) is 5.91 Å². The fourth-order valence-corrected chi connectivity index (χ4v) is 1.44. The summed E-state index contributed by atoms with van der Waals surface area (Å²) in [4.78, 5) is 13.2. The van der Waals surface area contributed by atoms with Crippen molar-refractivity contribution in [3.05, 3.63) is 0 Å². The number of methoxy groups -OCH3 is 1. The van der Waals surface area contributed by atoms with E-state index in [1.165, 1.54) is 7.11 Å². The third-order valence-corrected chi connectivity index (χ3v) is 2.25. The fraction of sp³-hybridized carbons (Fsp3) is 0.875. The van der Waals surface area contributed by atoms with Gasteiger partial charge in [0.05, 0.1) is 6.10 Å². The molecule has 0 radical (unpaired) electrons. The fourth-order valence-electron chi connectivity index (χ4n) is 1.44. The summed E-state index contributed by atoms with van der Waals surface area (Å²) in [5.74, 6) is -0.124. The number of rotatable bonds is 3. The molecule has 76 valence electrons. The first-order valence-electron chi connectivity index (χ1n) is 4.38. The molecule has 13 heavy (non-hydrogen) atoms. The standard InChI is InChI=1S/C8H16N2O3/c1-13-7(4-9)8(12)10-3-2-6(11)5-10/h6-7,11H,2-5,9H2,1H3/t6-,7?/m1/s1. The molecule has 5 heteroatoms. The highest BCUT2D eigenvalue weighted by Gasteiger charge is 2.28. The van der Waals surface area contributed by atoms with Crippen LogP contribution in [0.5, 0.6) is 0 Å². The summed E-state index contributed by atoms with van der Waals surface area (Å²) in [6, 6.07) is 0. The number of nitrogens with zero attached hydrogens (tertiary/aromatic N) is 1. The third-order valence-electron chi connectivity index (χ3n) is 2.25. The van der Waals surface area contributed by atoms with Crippen molar-refractivity contribution in [1.82, 2.24) is 4.90 Å². The molecule has 1 fully saturated rings. The Kier molecular flexibility index (Phi) is 3.65. The number of amides is 1. The summed E-state index contributed by atoms with van der Waals surface area (Å²) in [7, 11) is 1.46. The lowest BCUT2D eigenvalue weighted by Gasteiger charge is -2.20. The Balaban J connectivity index is 2.47. The minimum absolute atomic E-state index is 0.124. The van der Waals surface area contributed by atoms with E-state index in [0.717, 1.165) is 0 Å². The molecule has 0 saturated carbocycles. The number of carbonyl (C=O) groups is 1. The van der Waals surface area contributed by atoms with Gasteiger partial charge in [-0.1, -0.05) is 0 Å². The summed E-state index contributed by atoms with van der Waals surface area (Å²) in [5.41, 5.74) is 5.35. The molecule has 1 unspecified atom stereocenters. The van der Waals surface area contributed by atoms with Gasteiger partial charge in [-0.2, -0.15) is 0 Å². The van der Waals surface area contributed by atoms with E-state index < -0.39 is 6.10 Å². The summed E-state index contributed by atoms with van der Waals surface area (Å²) < 4.78 is 4.91. The molecule has 1 aliphatic rings. The number of hydrogen-bond donors (Lipinski definition) is 2. The van der Waals surface area contributed by atoms with Gasteiger partial charge in [-0.3, -0.25) is 4.79 Å². The van der Waals surface area contributed by atoms with E-state index in [9.17, 15) is 9.90 Å². The van der Waals surface area contributed by atoms with Crippen molar-refractivity contribution in [2.45, 2.75) is 18.6 Å². The topological polar surface area (TPSA) is 75.8 Å². The number of carbonyl (C=O) groups excluding carboxylic acids is 1. The first kappa shape index (κ1) is 10.4. The molecule has 5 nitrogen and oxygen atoms in total. The number of ether oxygens (including phenoxy) is 1. The Hall–Kier alpha value is -0.650. The molecule has 1 saturated heterocycles. The van der Waals surface area contributed by atoms with Gasteiger partial charge < -0.3 is 20.5 Å². The van der Waals surface area contributed by atoms with Gasteiger partial charge in [-0.15, -0.1) is 0 Å². The van der Waals surface area contributed by atoms with Crippen LogP contribution in [0, 0.1) is 0 Å². The second-order valence-electron chi connectivity index (χ2n) is 3.19. The van der Waals surface area contributed by atoms with E-state index in [0.29, 0.717) is 19.5 Å². The first-order valence-corrected chi connectivity index (χ1v) is 4.38. The summed E-state index contributed by atoms with van der Waals surface area (Å²) in [5, 5.41) is 9.21. The molecule has 1 amide bonds. The van der Waals surface area contributed by atoms with Gasteiger partial charge in [0.2, 0.25) is 0 Å². The highest BCUT2D eigenvalue weighted by Crippen LogP contribution is 2.10. The molecule has 2 atom stereocenters. The summed E-state index contributed by atoms with van der Waals surface area (Å²) >= 11 is 0. The molecule has 0 aromatic rings. The van der Waals surface area contributed by atoms with Crippen molar-refractivity contribution >= 4 is 5.91 Å². The second-order valence-corrected chi connectivity index (χ2v) is 3.19. The monoisotopic (exact) mass is 188 g/mol. The predicted molar refractivity (Wildman–Crippen MR) is 47.1 cm³/mol. The van der Waals surface area contributed by atoms with E-state index in [4.69, 9.17) is 10.5 Å². The van der Waals surface area contributed by atoms with Crippen molar-refractivity contribution in [2.24, 2.45) is 5.73 Å². The van der Waals surface area contributed by atoms with Crippen LogP contribution in [0.4, 0.5) is 0 Å². The minimum Gasteiger partial charge on any atom is -0.391 e. The Labute approximate surface area is 77.5 Å². The van der Waals surface area contributed by atoms with E-state index in [2.05, 4.69) is 0 Å². The Morgan fingerprint density at radius 2 is 2.54 bits per heavy atom. The van der Waals surface area contributed by atoms with Crippen LogP contribution in [0.25, 0.3) is 0 Å². The van der Waals surface area contributed by atoms with Crippen LogP contribution >= 0.6 is 0 Å². The molecule has 1 aliphatic heterocycles. The maximum Gasteiger partial charge on any atom is 0.253 e. The lowest BCUT2D eigenvalue weighted by Crippen LogP contribution is -2.42. The van der Waals surface area contributed by atoms with Crippen LogP contribution in [-0.4, -0.2) is 54.9 Å². The van der Waals surface area contributed by atoms with Gasteiger partial charge in [0.1, 0.15) is 6.10 Å². The molecule has 0 aliphatic carbocycles. The zero-order chi connectivity index (χ0) is 9.84. The molecule has 0 bridgehead atoms. The van der Waals surface area contributed by atoms with Crippen molar-refractivity contribution in [1.29, 1.82) is 0 Å². The Morgan fingerprint density at radius 3 is 2.92 bits per heavy atom. The average molecular weight is 188 g/mol. The van der Waals surface area contributed by atoms with Crippen LogP contribution in [0.3, 0.4) is 0 Å². The quantitative estimate of drug-likeness (QED) is 0.568. The number of nitrogens with two attached hydrogens (primary N) is 1. The van der Waals surface area contributed by atoms with E-state index in [1.54, 1.807) is 4.90 Å². The number of aliphatic hydroxyl groups is 1. The summed E-state index contributed by atoms with van der Waals surface area (Å²) in [6.07, 6.45) is -0.309.